The number of fused-ring (bicyclic) bond motifs is 1. The van der Waals surface area contributed by atoms with E-state index in [2.05, 4.69) is 15.3 Å². The molecule has 0 bridgehead atoms. The first-order chi connectivity index (χ1) is 15.9. The third kappa shape index (κ3) is 4.47. The van der Waals surface area contributed by atoms with Crippen LogP contribution in [0.3, 0.4) is 0 Å². The summed E-state index contributed by atoms with van der Waals surface area (Å²) >= 11 is 0.841. The molecule has 2 aromatic carbocycles. The van der Waals surface area contributed by atoms with E-state index in [0.717, 1.165) is 41.9 Å². The molecule has 0 aliphatic rings. The van der Waals surface area contributed by atoms with Gasteiger partial charge in [0.15, 0.2) is 26.6 Å². The van der Waals surface area contributed by atoms with Gasteiger partial charge in [0.25, 0.3) is 11.2 Å². The number of hydrogen-bond acceptors (Lipinski definition) is 10. The van der Waals surface area contributed by atoms with Crippen molar-refractivity contribution in [3.63, 3.8) is 0 Å². The van der Waals surface area contributed by atoms with Crippen LogP contribution in [0, 0.1) is 21.7 Å². The molecule has 0 saturated carbocycles. The second-order valence-corrected chi connectivity index (χ2v) is 10.3. The second-order valence-electron chi connectivity index (χ2n) is 7.26. The standard InChI is InChI=1S/C19H14F2N6O5S2/c1-25(8-10-9-26(24-23-10)11-3-4-14(20)15(21)5-11)19-22-18(28)13-6-12(34(2,31)32)7-16(27(29)30)17(13)33-19/h3-7,9H,8H2,1-2H3. The Bertz CT molecular complexity index is 1620. The smallest absolute Gasteiger partial charge is 0.288 e. The third-order valence-electron chi connectivity index (χ3n) is 4.72. The number of non-ortho nitro benzene ring substituents is 1. The van der Waals surface area contributed by atoms with E-state index in [1.165, 1.54) is 21.8 Å². The summed E-state index contributed by atoms with van der Waals surface area (Å²) in [5.74, 6) is -2.05. The summed E-state index contributed by atoms with van der Waals surface area (Å²) in [5, 5.41) is 19.3. The van der Waals surface area contributed by atoms with Crippen LogP contribution in [0.1, 0.15) is 5.69 Å². The zero-order valence-corrected chi connectivity index (χ0v) is 19.1. The molecule has 0 aliphatic carbocycles. The number of sulfone groups is 1. The van der Waals surface area contributed by atoms with Crippen LogP contribution in [0.25, 0.3) is 15.8 Å². The van der Waals surface area contributed by atoms with Crippen molar-refractivity contribution in [1.29, 1.82) is 0 Å². The van der Waals surface area contributed by atoms with Crippen molar-refractivity contribution in [3.8, 4) is 5.69 Å². The molecule has 0 fully saturated rings. The Morgan fingerprint density at radius 2 is 1.94 bits per heavy atom. The maximum atomic E-state index is 13.5. The lowest BCUT2D eigenvalue weighted by Crippen LogP contribution is -2.20. The molecule has 34 heavy (non-hydrogen) atoms. The number of rotatable bonds is 6. The van der Waals surface area contributed by atoms with E-state index >= 15 is 0 Å². The maximum Gasteiger partial charge on any atom is 0.288 e. The molecule has 0 amide bonds. The highest BCUT2D eigenvalue weighted by Gasteiger charge is 2.23. The van der Waals surface area contributed by atoms with E-state index < -0.39 is 37.6 Å². The van der Waals surface area contributed by atoms with Gasteiger partial charge in [-0.15, -0.1) is 5.10 Å². The van der Waals surface area contributed by atoms with Crippen LogP contribution in [0.5, 0.6) is 0 Å². The van der Waals surface area contributed by atoms with Gasteiger partial charge in [-0.25, -0.2) is 21.9 Å². The van der Waals surface area contributed by atoms with E-state index in [9.17, 15) is 32.1 Å². The van der Waals surface area contributed by atoms with Crippen LogP contribution in [-0.4, -0.2) is 46.6 Å². The van der Waals surface area contributed by atoms with Gasteiger partial charge in [-0.05, 0) is 18.2 Å². The van der Waals surface area contributed by atoms with E-state index in [1.54, 1.807) is 7.05 Å². The molecule has 4 rings (SSSR count). The van der Waals surface area contributed by atoms with Gasteiger partial charge in [-0.2, -0.15) is 4.98 Å². The quantitative estimate of drug-likeness (QED) is 0.284. The van der Waals surface area contributed by atoms with Crippen molar-refractivity contribution in [3.05, 3.63) is 74.3 Å². The molecule has 0 aliphatic heterocycles. The van der Waals surface area contributed by atoms with E-state index in [0.29, 0.717) is 5.69 Å². The summed E-state index contributed by atoms with van der Waals surface area (Å²) in [5.41, 5.74) is -0.724. The molecular formula is C19H14F2N6O5S2. The maximum absolute atomic E-state index is 13.5. The number of aromatic nitrogens is 4. The van der Waals surface area contributed by atoms with Gasteiger partial charge in [0.1, 0.15) is 10.4 Å². The number of nitro groups is 1. The first kappa shape index (κ1) is 23.3. The van der Waals surface area contributed by atoms with E-state index in [-0.39, 0.29) is 32.3 Å². The summed E-state index contributed by atoms with van der Waals surface area (Å²) < 4.78 is 51.6. The molecule has 0 saturated heterocycles. The molecule has 0 unspecified atom stereocenters. The number of benzene rings is 2. The Morgan fingerprint density at radius 3 is 2.59 bits per heavy atom. The summed E-state index contributed by atoms with van der Waals surface area (Å²) in [4.78, 5) is 28.5. The van der Waals surface area contributed by atoms with E-state index in [4.69, 9.17) is 0 Å². The largest absolute Gasteiger partial charge is 0.345 e. The van der Waals surface area contributed by atoms with Crippen LogP contribution >= 0.6 is 11.3 Å². The van der Waals surface area contributed by atoms with Gasteiger partial charge < -0.3 is 4.90 Å². The zero-order chi connectivity index (χ0) is 24.8. The molecule has 2 heterocycles. The summed E-state index contributed by atoms with van der Waals surface area (Å²) in [6.45, 7) is 0.0767. The zero-order valence-electron chi connectivity index (χ0n) is 17.5. The minimum absolute atomic E-state index is 0.0234. The van der Waals surface area contributed by atoms with Gasteiger partial charge in [-0.3, -0.25) is 14.9 Å². The predicted octanol–water partition coefficient (Wildman–Crippen LogP) is 2.46. The topological polar surface area (TPSA) is 141 Å². The molecule has 11 nitrogen and oxygen atoms in total. The van der Waals surface area contributed by atoms with Gasteiger partial charge in [0.2, 0.25) is 0 Å². The van der Waals surface area contributed by atoms with Crippen LogP contribution in [0.4, 0.5) is 19.6 Å². The Kier molecular flexibility index (Phi) is 5.82. The van der Waals surface area contributed by atoms with Crippen molar-refractivity contribution >= 4 is 42.1 Å². The van der Waals surface area contributed by atoms with Crippen molar-refractivity contribution in [2.75, 3.05) is 18.2 Å². The normalized spacial score (nSPS) is 11.6. The Hall–Kier alpha value is -3.85. The molecule has 0 atom stereocenters. The first-order valence-electron chi connectivity index (χ1n) is 9.35. The number of hydrogen-bond donors (Lipinski definition) is 0. The predicted molar refractivity (Wildman–Crippen MR) is 119 cm³/mol. The van der Waals surface area contributed by atoms with Crippen LogP contribution in [0.2, 0.25) is 0 Å². The third-order valence-corrected chi connectivity index (χ3v) is 7.03. The van der Waals surface area contributed by atoms with Gasteiger partial charge in [0.05, 0.1) is 33.6 Å². The summed E-state index contributed by atoms with van der Waals surface area (Å²) in [6, 6.07) is 5.21. The number of nitro benzene ring substituents is 1. The van der Waals surface area contributed by atoms with Gasteiger partial charge in [-0.1, -0.05) is 16.6 Å². The fourth-order valence-electron chi connectivity index (χ4n) is 3.06. The van der Waals surface area contributed by atoms with Crippen molar-refractivity contribution < 1.29 is 22.1 Å². The minimum Gasteiger partial charge on any atom is -0.345 e. The fraction of sp³-hybridized carbons (Fsp3) is 0.158. The average molecular weight is 508 g/mol. The SMILES string of the molecule is CN(Cc1cn(-c2ccc(F)c(F)c2)nn1)c1nc(=O)c2cc(S(C)(=O)=O)cc([N+](=O)[O-])c2s1. The Balaban J connectivity index is 1.69. The van der Waals surface area contributed by atoms with Crippen LogP contribution < -0.4 is 10.5 Å². The molecule has 0 spiro atoms. The minimum atomic E-state index is -3.80. The van der Waals surface area contributed by atoms with Gasteiger partial charge >= 0.3 is 0 Å². The average Bonchev–Trinajstić information content (AvgIpc) is 3.22. The molecule has 0 radical (unpaired) electrons. The van der Waals surface area contributed by atoms with Gasteiger partial charge in [0, 0.05) is 25.4 Å². The number of nitrogens with zero attached hydrogens (tertiary/aromatic N) is 6. The molecule has 2 aromatic heterocycles. The van der Waals surface area contributed by atoms with Crippen molar-refractivity contribution in [1.82, 2.24) is 20.0 Å². The Morgan fingerprint density at radius 1 is 1.21 bits per heavy atom. The van der Waals surface area contributed by atoms with Crippen molar-refractivity contribution in [2.24, 2.45) is 0 Å². The summed E-state index contributed by atoms with van der Waals surface area (Å²) in [6.07, 6.45) is 2.35. The molecule has 176 valence electrons. The number of halogens is 2. The van der Waals surface area contributed by atoms with Crippen LogP contribution in [-0.2, 0) is 16.4 Å². The highest BCUT2D eigenvalue weighted by molar-refractivity contribution is 7.90. The highest BCUT2D eigenvalue weighted by atomic mass is 32.2. The lowest BCUT2D eigenvalue weighted by molar-refractivity contribution is -0.383. The summed E-state index contributed by atoms with van der Waals surface area (Å²) in [7, 11) is -2.23. The first-order valence-corrected chi connectivity index (χ1v) is 12.1. The fourth-order valence-corrected chi connectivity index (χ4v) is 4.75. The molecule has 0 N–H and O–H groups in total. The van der Waals surface area contributed by atoms with Crippen LogP contribution in [0.15, 0.2) is 46.2 Å². The van der Waals surface area contributed by atoms with E-state index in [1.807, 2.05) is 0 Å². The highest BCUT2D eigenvalue weighted by Crippen LogP contribution is 2.34. The lowest BCUT2D eigenvalue weighted by Gasteiger charge is -2.15. The monoisotopic (exact) mass is 508 g/mol. The Labute approximate surface area is 194 Å². The lowest BCUT2D eigenvalue weighted by atomic mass is 10.2. The molecule has 4 aromatic rings. The van der Waals surface area contributed by atoms with Crippen molar-refractivity contribution in [2.45, 2.75) is 11.4 Å². The molecule has 15 heteroatoms. The second kappa shape index (κ2) is 8.49. The number of anilines is 1. The molecular weight excluding hydrogens is 494 g/mol.